The maximum Gasteiger partial charge on any atom is 0.154 e. The Balaban J connectivity index is 2.66. The van der Waals surface area contributed by atoms with Crippen molar-refractivity contribution >= 4 is 52.2 Å². The standard InChI is InChI=1S/C18H18Cl4O/c1-7-8(2)18(6)10-9(11(19)13(21)14(22)12(10)20)17(7,5)15(23)16(18,3)4/h1-6H3. The molecule has 5 heteroatoms. The summed E-state index contributed by atoms with van der Waals surface area (Å²) in [7, 11) is 0. The number of carbonyl (C=O) groups excluding carboxylic acids is 1. The molecule has 3 aliphatic carbocycles. The summed E-state index contributed by atoms with van der Waals surface area (Å²) in [4.78, 5) is 13.4. The lowest BCUT2D eigenvalue weighted by Gasteiger charge is -2.60. The van der Waals surface area contributed by atoms with Crippen LogP contribution in [0.3, 0.4) is 0 Å². The number of hydrogen-bond acceptors (Lipinski definition) is 1. The van der Waals surface area contributed by atoms with Crippen LogP contribution in [0.1, 0.15) is 52.7 Å². The zero-order valence-corrected chi connectivity index (χ0v) is 16.9. The second-order valence-corrected chi connectivity index (χ2v) is 8.97. The Morgan fingerprint density at radius 3 is 1.61 bits per heavy atom. The molecule has 2 unspecified atom stereocenters. The fourth-order valence-corrected chi connectivity index (χ4v) is 5.84. The minimum Gasteiger partial charge on any atom is -0.298 e. The molecule has 0 heterocycles. The van der Waals surface area contributed by atoms with Gasteiger partial charge in [-0.25, -0.2) is 0 Å². The van der Waals surface area contributed by atoms with Crippen LogP contribution in [-0.4, -0.2) is 5.78 Å². The van der Waals surface area contributed by atoms with Crippen molar-refractivity contribution in [3.8, 4) is 0 Å². The summed E-state index contributed by atoms with van der Waals surface area (Å²) in [5.41, 5.74) is 1.69. The lowest BCUT2D eigenvalue weighted by molar-refractivity contribution is -0.137. The second-order valence-electron chi connectivity index (χ2n) is 7.46. The SMILES string of the molecule is CC1=C(C)C2(C)c3c(Cl)c(Cl)c(Cl)c(Cl)c3C1(C)C(=O)C2(C)C. The van der Waals surface area contributed by atoms with Crippen LogP contribution in [0.4, 0.5) is 0 Å². The van der Waals surface area contributed by atoms with Gasteiger partial charge in [-0.15, -0.1) is 0 Å². The molecule has 0 saturated carbocycles. The smallest absolute Gasteiger partial charge is 0.154 e. The Labute approximate surface area is 156 Å². The fourth-order valence-electron chi connectivity index (χ4n) is 4.61. The van der Waals surface area contributed by atoms with Gasteiger partial charge in [-0.3, -0.25) is 4.79 Å². The first-order valence-electron chi connectivity index (χ1n) is 7.46. The molecular weight excluding hydrogens is 374 g/mol. The van der Waals surface area contributed by atoms with Crippen molar-refractivity contribution in [2.45, 2.75) is 52.4 Å². The molecule has 0 radical (unpaired) electrons. The topological polar surface area (TPSA) is 17.1 Å². The Morgan fingerprint density at radius 1 is 0.696 bits per heavy atom. The van der Waals surface area contributed by atoms with Crippen molar-refractivity contribution in [1.82, 2.24) is 0 Å². The third kappa shape index (κ3) is 1.61. The molecule has 0 aliphatic heterocycles. The zero-order valence-electron chi connectivity index (χ0n) is 13.9. The Hall–Kier alpha value is -0.210. The van der Waals surface area contributed by atoms with E-state index in [0.717, 1.165) is 16.7 Å². The quantitative estimate of drug-likeness (QED) is 0.270. The number of rotatable bonds is 0. The Morgan fingerprint density at radius 2 is 1.13 bits per heavy atom. The molecule has 1 nitrogen and oxygen atoms in total. The molecule has 0 aromatic heterocycles. The van der Waals surface area contributed by atoms with Crippen molar-refractivity contribution in [3.05, 3.63) is 42.4 Å². The van der Waals surface area contributed by atoms with Crippen LogP contribution in [-0.2, 0) is 15.6 Å². The Kier molecular flexibility index (Phi) is 3.59. The van der Waals surface area contributed by atoms with Gasteiger partial charge in [0.1, 0.15) is 0 Å². The third-order valence-electron chi connectivity index (χ3n) is 6.60. The van der Waals surface area contributed by atoms with E-state index in [1.807, 2.05) is 34.6 Å². The zero-order chi connectivity index (χ0) is 17.7. The van der Waals surface area contributed by atoms with E-state index in [9.17, 15) is 4.79 Å². The molecule has 2 bridgehead atoms. The normalized spacial score (nSPS) is 31.7. The minimum absolute atomic E-state index is 0.138. The molecule has 0 spiro atoms. The highest BCUT2D eigenvalue weighted by Gasteiger charge is 2.66. The molecule has 0 saturated heterocycles. The van der Waals surface area contributed by atoms with Gasteiger partial charge in [-0.2, -0.15) is 0 Å². The molecule has 0 amide bonds. The predicted molar refractivity (Wildman–Crippen MR) is 98.3 cm³/mol. The van der Waals surface area contributed by atoms with Crippen molar-refractivity contribution in [2.24, 2.45) is 5.41 Å². The highest BCUT2D eigenvalue weighted by Crippen LogP contribution is 2.67. The Bertz CT molecular complexity index is 821. The van der Waals surface area contributed by atoms with E-state index >= 15 is 0 Å². The van der Waals surface area contributed by atoms with Gasteiger partial charge >= 0.3 is 0 Å². The van der Waals surface area contributed by atoms with Crippen LogP contribution < -0.4 is 0 Å². The van der Waals surface area contributed by atoms with Crippen molar-refractivity contribution < 1.29 is 4.79 Å². The third-order valence-corrected chi connectivity index (χ3v) is 8.40. The van der Waals surface area contributed by atoms with E-state index in [2.05, 4.69) is 6.92 Å². The van der Waals surface area contributed by atoms with Crippen LogP contribution in [0.5, 0.6) is 0 Å². The minimum atomic E-state index is -0.838. The van der Waals surface area contributed by atoms with Crippen LogP contribution in [0.15, 0.2) is 11.1 Å². The van der Waals surface area contributed by atoms with Crippen LogP contribution in [0.25, 0.3) is 0 Å². The summed E-state index contributed by atoms with van der Waals surface area (Å²) in [5.74, 6) is 0.138. The number of allylic oxidation sites excluding steroid dienone is 2. The molecular formula is C18H18Cl4O. The van der Waals surface area contributed by atoms with E-state index in [1.54, 1.807) is 0 Å². The summed E-state index contributed by atoms with van der Waals surface area (Å²) >= 11 is 25.8. The molecule has 2 atom stereocenters. The van der Waals surface area contributed by atoms with E-state index in [4.69, 9.17) is 46.4 Å². The van der Waals surface area contributed by atoms with Gasteiger partial charge in [-0.1, -0.05) is 78.3 Å². The average molecular weight is 392 g/mol. The number of hydrogen-bond donors (Lipinski definition) is 0. The first-order chi connectivity index (χ1) is 10.4. The van der Waals surface area contributed by atoms with Gasteiger partial charge in [0.25, 0.3) is 0 Å². The van der Waals surface area contributed by atoms with E-state index in [-0.39, 0.29) is 15.8 Å². The molecule has 1 aromatic rings. The van der Waals surface area contributed by atoms with Gasteiger partial charge in [0.05, 0.1) is 25.5 Å². The predicted octanol–water partition coefficient (Wildman–Crippen LogP) is 6.77. The number of carbonyl (C=O) groups is 1. The maximum atomic E-state index is 13.4. The second kappa shape index (κ2) is 4.69. The molecule has 0 N–H and O–H groups in total. The summed E-state index contributed by atoms with van der Waals surface area (Å²) in [6.07, 6.45) is 0. The molecule has 1 aromatic carbocycles. The number of ketones is 1. The van der Waals surface area contributed by atoms with Gasteiger partial charge < -0.3 is 0 Å². The van der Waals surface area contributed by atoms with Crippen LogP contribution in [0.2, 0.25) is 20.1 Å². The maximum absolute atomic E-state index is 13.4. The first kappa shape index (κ1) is 17.6. The average Bonchev–Trinajstić information content (AvgIpc) is 2.49. The van der Waals surface area contributed by atoms with Crippen molar-refractivity contribution in [3.63, 3.8) is 0 Å². The van der Waals surface area contributed by atoms with E-state index < -0.39 is 16.2 Å². The van der Waals surface area contributed by atoms with Gasteiger partial charge in [0.15, 0.2) is 5.78 Å². The fraction of sp³-hybridized carbons (Fsp3) is 0.500. The van der Waals surface area contributed by atoms with E-state index in [1.165, 1.54) is 0 Å². The largest absolute Gasteiger partial charge is 0.298 e. The molecule has 23 heavy (non-hydrogen) atoms. The van der Waals surface area contributed by atoms with Crippen LogP contribution >= 0.6 is 46.4 Å². The monoisotopic (exact) mass is 390 g/mol. The summed E-state index contributed by atoms with van der Waals surface area (Å²) in [6.45, 7) is 12.0. The number of halogens is 4. The molecule has 0 fully saturated rings. The number of Topliss-reactive ketones (excluding diaryl/α,β-unsaturated/α-hetero) is 1. The highest BCUT2D eigenvalue weighted by atomic mass is 35.5. The summed E-state index contributed by atoms with van der Waals surface area (Å²) in [6, 6.07) is 0. The van der Waals surface area contributed by atoms with Crippen molar-refractivity contribution in [2.75, 3.05) is 0 Å². The van der Waals surface area contributed by atoms with Gasteiger partial charge in [0.2, 0.25) is 0 Å². The molecule has 3 aliphatic rings. The first-order valence-corrected chi connectivity index (χ1v) is 8.97. The van der Waals surface area contributed by atoms with E-state index in [0.29, 0.717) is 15.6 Å². The van der Waals surface area contributed by atoms with Crippen molar-refractivity contribution in [1.29, 1.82) is 0 Å². The molecule has 4 rings (SSSR count). The highest BCUT2D eigenvalue weighted by molar-refractivity contribution is 6.52. The van der Waals surface area contributed by atoms with Gasteiger partial charge in [0, 0.05) is 10.8 Å². The number of benzene rings is 1. The lowest BCUT2D eigenvalue weighted by atomic mass is 9.41. The number of fused-ring (bicyclic) bond motifs is 1. The van der Waals surface area contributed by atoms with Crippen LogP contribution in [0, 0.1) is 5.41 Å². The summed E-state index contributed by atoms with van der Waals surface area (Å²) < 4.78 is 0. The lowest BCUT2D eigenvalue weighted by Crippen LogP contribution is -2.63. The molecule has 124 valence electrons. The summed E-state index contributed by atoms with van der Waals surface area (Å²) in [5, 5.41) is 1.20. The van der Waals surface area contributed by atoms with Gasteiger partial charge in [-0.05, 0) is 31.9 Å².